The van der Waals surface area contributed by atoms with Gasteiger partial charge in [0.2, 0.25) is 0 Å². The molecule has 0 aliphatic heterocycles. The molecule has 0 fully saturated rings. The fourth-order valence-electron chi connectivity index (χ4n) is 2.05. The van der Waals surface area contributed by atoms with Gasteiger partial charge in [0.1, 0.15) is 0 Å². The topological polar surface area (TPSA) is 0 Å². The van der Waals surface area contributed by atoms with E-state index in [0.717, 1.165) is 0 Å². The predicted octanol–water partition coefficient (Wildman–Crippen LogP) is -5.75. The van der Waals surface area contributed by atoms with Gasteiger partial charge in [0.15, 0.2) is 0 Å². The lowest BCUT2D eigenvalue weighted by Crippen LogP contribution is -2.66. The fourth-order valence-corrected chi connectivity index (χ4v) is 2.05. The molecule has 0 amide bonds. The Hall–Kier alpha value is 1.04. The standard InChI is InChI=1S/CHB16/c2-11-13(15(5)6)1(12(3)4)14(16(7)8)17(9)10/h1H. The Morgan fingerprint density at radius 3 is 1.29 bits per heavy atom. The lowest BCUT2D eigenvalue weighted by molar-refractivity contribution is 1.81. The van der Waals surface area contributed by atoms with Crippen LogP contribution in [-0.4, -0.2) is 115 Å². The summed E-state index contributed by atoms with van der Waals surface area (Å²) in [5.74, 6) is 0. The molecule has 0 aliphatic rings. The Bertz CT molecular complexity index is 186. The third kappa shape index (κ3) is 5.27. The summed E-state index contributed by atoms with van der Waals surface area (Å²) >= 11 is 0. The number of hydrogen-bond donors (Lipinski definition) is 0. The molecule has 1 unspecified atom stereocenters. The monoisotopic (exact) mass is 189 g/mol. The van der Waals surface area contributed by atoms with Crippen molar-refractivity contribution in [1.82, 2.24) is 0 Å². The van der Waals surface area contributed by atoms with Gasteiger partial charge in [-0.15, -0.1) is 5.62 Å². The van der Waals surface area contributed by atoms with Crippen LogP contribution >= 0.6 is 0 Å². The van der Waals surface area contributed by atoms with Crippen molar-refractivity contribution in [2.24, 2.45) is 0 Å². The van der Waals surface area contributed by atoms with E-state index in [4.69, 9.17) is 69.6 Å². The molecule has 0 aromatic heterocycles. The summed E-state index contributed by atoms with van der Waals surface area (Å²) in [6, 6.07) is 0. The van der Waals surface area contributed by atoms with Crippen LogP contribution in [0.15, 0.2) is 0 Å². The highest BCUT2D eigenvalue weighted by atomic mass is 13.6. The Morgan fingerprint density at radius 2 is 1.12 bits per heavy atom. The average Bonchev–Trinajstić information content (AvgIpc) is 2.15. The van der Waals surface area contributed by atoms with E-state index in [2.05, 4.69) is 0 Å². The first-order valence-electron chi connectivity index (χ1n) is 5.33. The lowest BCUT2D eigenvalue weighted by atomic mass is 8.61. The van der Waals surface area contributed by atoms with E-state index in [1.807, 2.05) is 0 Å². The van der Waals surface area contributed by atoms with Gasteiger partial charge >= 0.3 is 0 Å². The normalized spacial score (nSPS) is 11.1. The molecular weight excluding hydrogens is 185 g/mol. The molecule has 0 bridgehead atoms. The van der Waals surface area contributed by atoms with E-state index in [9.17, 15) is 0 Å². The van der Waals surface area contributed by atoms with Gasteiger partial charge in [-0.3, -0.25) is 0 Å². The summed E-state index contributed by atoms with van der Waals surface area (Å²) in [5, 5.41) is 0. The van der Waals surface area contributed by atoms with E-state index < -0.39 is 44.3 Å². The lowest BCUT2D eigenvalue weighted by Gasteiger charge is -2.40. The van der Waals surface area contributed by atoms with Gasteiger partial charge < -0.3 is 0 Å². The molecule has 1 atom stereocenters. The first-order valence-corrected chi connectivity index (χ1v) is 5.33. The van der Waals surface area contributed by atoms with Crippen molar-refractivity contribution in [3.05, 3.63) is 0 Å². The molecule has 0 rings (SSSR count). The van der Waals surface area contributed by atoms with Gasteiger partial charge in [-0.2, -0.15) is 0 Å². The molecule has 0 aliphatic carbocycles. The van der Waals surface area contributed by atoms with Crippen molar-refractivity contribution in [1.29, 1.82) is 0 Å². The molecule has 53 valence electrons. The highest BCUT2D eigenvalue weighted by Gasteiger charge is 2.38. The van der Waals surface area contributed by atoms with Crippen LogP contribution in [0.25, 0.3) is 0 Å². The second-order valence-electron chi connectivity index (χ2n) is 4.23. The third-order valence-corrected chi connectivity index (χ3v) is 2.89. The van der Waals surface area contributed by atoms with Gasteiger partial charge in [0, 0.05) is 115 Å². The van der Waals surface area contributed by atoms with E-state index in [0.29, 0.717) is 0 Å². The second-order valence-corrected chi connectivity index (χ2v) is 4.23. The maximum absolute atomic E-state index is 5.70. The van der Waals surface area contributed by atoms with E-state index in [-0.39, 0.29) is 0 Å². The van der Waals surface area contributed by atoms with Gasteiger partial charge in [-0.1, -0.05) is 0 Å². The summed E-state index contributed by atoms with van der Waals surface area (Å²) in [7, 11) is 52.0. The minimum atomic E-state index is -0.796. The molecular formula is CHB16. The first kappa shape index (κ1) is 18.0. The molecule has 0 spiro atoms. The van der Waals surface area contributed by atoms with Crippen LogP contribution in [0.5, 0.6) is 0 Å². The largest absolute Gasteiger partial charge is 0.146 e. The zero-order valence-electron chi connectivity index (χ0n) is 9.81. The highest BCUT2D eigenvalue weighted by Crippen LogP contribution is 2.17. The zero-order chi connectivity index (χ0) is 13.7. The fraction of sp³-hybridized carbons (Fsp3) is 1.00. The maximum Gasteiger partial charge on any atom is 0.0295 e. The van der Waals surface area contributed by atoms with Crippen LogP contribution < -0.4 is 0 Å². The smallest absolute Gasteiger partial charge is 0.0295 e. The molecule has 0 aromatic carbocycles. The van der Waals surface area contributed by atoms with Gasteiger partial charge in [-0.05, 0) is 0 Å². The van der Waals surface area contributed by atoms with Crippen LogP contribution in [0.2, 0.25) is 5.62 Å². The quantitative estimate of drug-likeness (QED) is 0.347. The maximum atomic E-state index is 5.70. The van der Waals surface area contributed by atoms with Gasteiger partial charge in [0.05, 0.1) is 0 Å². The van der Waals surface area contributed by atoms with E-state index in [1.165, 1.54) is 7.06 Å². The molecule has 0 N–H and O–H groups in total. The predicted molar refractivity (Wildman–Crippen MR) is 95.8 cm³/mol. The number of hydrogen-bond acceptors (Lipinski definition) is 0. The molecule has 0 nitrogen and oxygen atoms in total. The van der Waals surface area contributed by atoms with Crippen molar-refractivity contribution >= 4 is 115 Å². The van der Waals surface area contributed by atoms with Crippen LogP contribution in [0.1, 0.15) is 0 Å². The van der Waals surface area contributed by atoms with Gasteiger partial charge in [0.25, 0.3) is 0 Å². The molecule has 19 radical (unpaired) electrons. The van der Waals surface area contributed by atoms with Gasteiger partial charge in [-0.25, -0.2) is 0 Å². The Kier molecular flexibility index (Phi) is 8.76. The zero-order valence-corrected chi connectivity index (χ0v) is 9.81. The molecule has 0 saturated heterocycles. The minimum Gasteiger partial charge on any atom is -0.146 e. The Labute approximate surface area is 121 Å². The van der Waals surface area contributed by atoms with E-state index >= 15 is 0 Å². The SMILES string of the molecule is [B][B]B(B([B])[B])C(B([B])[B])B(B([B])[B])B([B])[B]. The molecule has 0 saturated carbocycles. The van der Waals surface area contributed by atoms with Crippen LogP contribution in [0, 0.1) is 0 Å². The van der Waals surface area contributed by atoms with Crippen molar-refractivity contribution < 1.29 is 0 Å². The summed E-state index contributed by atoms with van der Waals surface area (Å²) in [4.78, 5) is 0. The third-order valence-electron chi connectivity index (χ3n) is 2.89. The summed E-state index contributed by atoms with van der Waals surface area (Å²) < 4.78 is 0. The van der Waals surface area contributed by atoms with Crippen molar-refractivity contribution in [3.8, 4) is 0 Å². The first-order chi connectivity index (χ1) is 7.73. The second kappa shape index (κ2) is 8.26. The Balaban J connectivity index is 5.16. The van der Waals surface area contributed by atoms with Crippen LogP contribution in [0.4, 0.5) is 0 Å². The van der Waals surface area contributed by atoms with Crippen molar-refractivity contribution in [2.75, 3.05) is 0 Å². The van der Waals surface area contributed by atoms with Crippen molar-refractivity contribution in [3.63, 3.8) is 0 Å². The average molecular weight is 186 g/mol. The van der Waals surface area contributed by atoms with Crippen LogP contribution in [-0.2, 0) is 0 Å². The van der Waals surface area contributed by atoms with Crippen molar-refractivity contribution in [2.45, 2.75) is 5.62 Å². The summed E-state index contributed by atoms with van der Waals surface area (Å²) in [6.45, 7) is -1.82. The number of rotatable bonds is 7. The Morgan fingerprint density at radius 1 is 0.706 bits per heavy atom. The molecule has 17 heavy (non-hydrogen) atoms. The van der Waals surface area contributed by atoms with Crippen LogP contribution in [0.3, 0.4) is 0 Å². The van der Waals surface area contributed by atoms with E-state index in [1.54, 1.807) is 0 Å². The summed E-state index contributed by atoms with van der Waals surface area (Å²) in [6.07, 6.45) is -2.34. The molecule has 0 aromatic rings. The minimum absolute atomic E-state index is 0.482. The summed E-state index contributed by atoms with van der Waals surface area (Å²) in [5.41, 5.74) is -0.500. The molecule has 16 heteroatoms. The molecule has 0 heterocycles. The highest BCUT2D eigenvalue weighted by molar-refractivity contribution is 7.87.